The Labute approximate surface area is 137 Å². The highest BCUT2D eigenvalue weighted by Crippen LogP contribution is 2.14. The van der Waals surface area contributed by atoms with E-state index < -0.39 is 0 Å². The molecule has 0 spiro atoms. The van der Waals surface area contributed by atoms with Crippen LogP contribution in [0.3, 0.4) is 0 Å². The van der Waals surface area contributed by atoms with E-state index in [1.54, 1.807) is 18.4 Å². The maximum Gasteiger partial charge on any atom is 0.196 e. The van der Waals surface area contributed by atoms with Gasteiger partial charge >= 0.3 is 0 Å². The number of hydrogen-bond donors (Lipinski definition) is 1. The van der Waals surface area contributed by atoms with Gasteiger partial charge in [0.2, 0.25) is 0 Å². The first-order chi connectivity index (χ1) is 11.2. The molecule has 0 heterocycles. The average Bonchev–Trinajstić information content (AvgIpc) is 2.56. The van der Waals surface area contributed by atoms with Crippen molar-refractivity contribution in [3.05, 3.63) is 71.5 Å². The van der Waals surface area contributed by atoms with Crippen molar-refractivity contribution in [1.29, 1.82) is 0 Å². The van der Waals surface area contributed by atoms with Crippen LogP contribution in [0.1, 0.15) is 30.5 Å². The minimum atomic E-state index is -0.233. The average molecular weight is 310 g/mol. The predicted molar refractivity (Wildman–Crippen MR) is 94.7 cm³/mol. The topological polar surface area (TPSA) is 38.7 Å². The van der Waals surface area contributed by atoms with Gasteiger partial charge in [0.1, 0.15) is 5.75 Å². The highest BCUT2D eigenvalue weighted by Gasteiger charge is 1.96. The van der Waals surface area contributed by atoms with Crippen LogP contribution in [0.15, 0.2) is 54.8 Å². The highest BCUT2D eigenvalue weighted by molar-refractivity contribution is 5.70. The van der Waals surface area contributed by atoms with Gasteiger partial charge in [0.25, 0.3) is 0 Å². The van der Waals surface area contributed by atoms with E-state index in [2.05, 4.69) is 0 Å². The number of aromatic hydroxyl groups is 1. The third-order valence-electron chi connectivity index (χ3n) is 3.23. The van der Waals surface area contributed by atoms with Gasteiger partial charge in [-0.2, -0.15) is 0 Å². The Bertz CT molecular complexity index is 640. The molecule has 120 valence electrons. The second-order valence-electron chi connectivity index (χ2n) is 5.05. The van der Waals surface area contributed by atoms with Gasteiger partial charge in [-0.05, 0) is 48.7 Å². The summed E-state index contributed by atoms with van der Waals surface area (Å²) < 4.78 is 10.7. The van der Waals surface area contributed by atoms with Crippen LogP contribution in [0.5, 0.6) is 5.75 Å². The molecule has 3 heteroatoms. The molecule has 1 unspecified atom stereocenters. The third kappa shape index (κ3) is 6.01. The molecule has 0 fully saturated rings. The van der Waals surface area contributed by atoms with E-state index in [0.29, 0.717) is 6.61 Å². The summed E-state index contributed by atoms with van der Waals surface area (Å²) in [6.45, 7) is 4.44. The number of hydrogen-bond acceptors (Lipinski definition) is 3. The molecule has 0 aliphatic heterocycles. The van der Waals surface area contributed by atoms with Gasteiger partial charge in [-0.15, -0.1) is 0 Å². The van der Waals surface area contributed by atoms with Crippen LogP contribution in [0.2, 0.25) is 0 Å². The summed E-state index contributed by atoms with van der Waals surface area (Å²) in [5.74, 6) is 0.277. The van der Waals surface area contributed by atoms with Crippen LogP contribution < -0.4 is 0 Å². The first kappa shape index (κ1) is 16.8. The smallest absolute Gasteiger partial charge is 0.196 e. The number of ether oxygens (including phenoxy) is 2. The predicted octanol–water partition coefficient (Wildman–Crippen LogP) is 4.93. The minimum Gasteiger partial charge on any atom is -0.508 e. The fourth-order valence-electron chi connectivity index (χ4n) is 2.00. The fourth-order valence-corrected chi connectivity index (χ4v) is 2.00. The molecule has 0 aliphatic rings. The summed E-state index contributed by atoms with van der Waals surface area (Å²) in [5, 5.41) is 9.26. The maximum atomic E-state index is 9.26. The van der Waals surface area contributed by atoms with Gasteiger partial charge in [-0.3, -0.25) is 0 Å². The molecule has 0 aromatic heterocycles. The van der Waals surface area contributed by atoms with E-state index in [9.17, 15) is 5.11 Å². The molecule has 1 N–H and O–H groups in total. The van der Waals surface area contributed by atoms with Crippen LogP contribution >= 0.6 is 0 Å². The summed E-state index contributed by atoms with van der Waals surface area (Å²) in [7, 11) is 0. The summed E-state index contributed by atoms with van der Waals surface area (Å²) in [6, 6.07) is 15.3. The molecular weight excluding hydrogens is 288 g/mol. The molecule has 0 bridgehead atoms. The summed E-state index contributed by atoms with van der Waals surface area (Å²) >= 11 is 0. The van der Waals surface area contributed by atoms with Crippen LogP contribution in [0.4, 0.5) is 0 Å². The first-order valence-corrected chi connectivity index (χ1v) is 7.68. The van der Waals surface area contributed by atoms with Crippen molar-refractivity contribution in [2.75, 3.05) is 6.61 Å². The molecule has 0 aliphatic carbocycles. The monoisotopic (exact) mass is 310 g/mol. The van der Waals surface area contributed by atoms with E-state index in [0.717, 1.165) is 16.7 Å². The van der Waals surface area contributed by atoms with Crippen LogP contribution in [-0.4, -0.2) is 18.0 Å². The molecule has 0 saturated carbocycles. The number of phenolic OH excluding ortho intramolecular Hbond substituents is 1. The fraction of sp³-hybridized carbons (Fsp3) is 0.200. The van der Waals surface area contributed by atoms with E-state index in [1.807, 2.05) is 68.5 Å². The summed E-state index contributed by atoms with van der Waals surface area (Å²) in [6.07, 6.45) is 7.37. The standard InChI is InChI=1S/C20H22O3/c1-3-22-16(2)23-15-14-19-8-6-17(7-9-19)4-5-18-10-12-20(21)13-11-18/h4-16,21H,3H2,1-2H3. The molecule has 0 amide bonds. The first-order valence-electron chi connectivity index (χ1n) is 7.68. The third-order valence-corrected chi connectivity index (χ3v) is 3.23. The van der Waals surface area contributed by atoms with Crippen LogP contribution in [0.25, 0.3) is 18.2 Å². The lowest BCUT2D eigenvalue weighted by Crippen LogP contribution is -2.08. The second-order valence-corrected chi connectivity index (χ2v) is 5.05. The Morgan fingerprint density at radius 3 is 1.87 bits per heavy atom. The largest absolute Gasteiger partial charge is 0.508 e. The van der Waals surface area contributed by atoms with Gasteiger partial charge in [0.05, 0.1) is 6.26 Å². The molecule has 2 aromatic carbocycles. The Morgan fingerprint density at radius 1 is 0.870 bits per heavy atom. The molecule has 0 saturated heterocycles. The van der Waals surface area contributed by atoms with Crippen LogP contribution in [0, 0.1) is 0 Å². The quantitative estimate of drug-likeness (QED) is 0.447. The molecule has 23 heavy (non-hydrogen) atoms. The zero-order chi connectivity index (χ0) is 16.5. The Balaban J connectivity index is 1.91. The molecule has 2 aromatic rings. The van der Waals surface area contributed by atoms with E-state index in [-0.39, 0.29) is 12.0 Å². The molecule has 3 nitrogen and oxygen atoms in total. The Hall–Kier alpha value is -2.52. The summed E-state index contributed by atoms with van der Waals surface area (Å²) in [4.78, 5) is 0. The van der Waals surface area contributed by atoms with Crippen molar-refractivity contribution in [3.8, 4) is 5.75 Å². The molecular formula is C20H22O3. The Kier molecular flexibility index (Phi) is 6.45. The van der Waals surface area contributed by atoms with Crippen molar-refractivity contribution in [2.24, 2.45) is 0 Å². The lowest BCUT2D eigenvalue weighted by Gasteiger charge is -2.10. The molecule has 1 atom stereocenters. The van der Waals surface area contributed by atoms with Crippen molar-refractivity contribution in [2.45, 2.75) is 20.1 Å². The number of benzene rings is 2. The molecule has 2 rings (SSSR count). The maximum absolute atomic E-state index is 9.26. The summed E-state index contributed by atoms with van der Waals surface area (Å²) in [5.41, 5.74) is 3.22. The van der Waals surface area contributed by atoms with Gasteiger partial charge in [-0.1, -0.05) is 48.6 Å². The highest BCUT2D eigenvalue weighted by atomic mass is 16.7. The Morgan fingerprint density at radius 2 is 1.35 bits per heavy atom. The van der Waals surface area contributed by atoms with Crippen molar-refractivity contribution in [1.82, 2.24) is 0 Å². The van der Waals surface area contributed by atoms with E-state index in [1.165, 1.54) is 0 Å². The normalized spacial score (nSPS) is 12.8. The van der Waals surface area contributed by atoms with Crippen LogP contribution in [-0.2, 0) is 9.47 Å². The van der Waals surface area contributed by atoms with E-state index in [4.69, 9.17) is 9.47 Å². The van der Waals surface area contributed by atoms with Gasteiger partial charge in [0.15, 0.2) is 6.29 Å². The SMILES string of the molecule is CCOC(C)OC=Cc1ccc(C=Cc2ccc(O)cc2)cc1. The number of rotatable bonds is 7. The second kappa shape index (κ2) is 8.81. The van der Waals surface area contributed by atoms with Gasteiger partial charge < -0.3 is 14.6 Å². The van der Waals surface area contributed by atoms with Crippen molar-refractivity contribution in [3.63, 3.8) is 0 Å². The zero-order valence-corrected chi connectivity index (χ0v) is 13.5. The number of phenols is 1. The van der Waals surface area contributed by atoms with Crippen molar-refractivity contribution >= 4 is 18.2 Å². The van der Waals surface area contributed by atoms with E-state index >= 15 is 0 Å². The van der Waals surface area contributed by atoms with Crippen molar-refractivity contribution < 1.29 is 14.6 Å². The zero-order valence-electron chi connectivity index (χ0n) is 13.5. The molecule has 0 radical (unpaired) electrons. The van der Waals surface area contributed by atoms with Gasteiger partial charge in [-0.25, -0.2) is 0 Å². The lowest BCUT2D eigenvalue weighted by atomic mass is 10.1. The minimum absolute atomic E-state index is 0.233. The van der Waals surface area contributed by atoms with Gasteiger partial charge in [0, 0.05) is 6.61 Å². The lowest BCUT2D eigenvalue weighted by molar-refractivity contribution is -0.0874.